The van der Waals surface area contributed by atoms with E-state index in [9.17, 15) is 24.0 Å². The maximum atomic E-state index is 12.9. The molecule has 0 spiro atoms. The number of fused-ring (bicyclic) bond motifs is 1. The van der Waals surface area contributed by atoms with E-state index in [2.05, 4.69) is 15.3 Å². The summed E-state index contributed by atoms with van der Waals surface area (Å²) in [7, 11) is 2.59. The van der Waals surface area contributed by atoms with Gasteiger partial charge in [0.1, 0.15) is 24.2 Å². The van der Waals surface area contributed by atoms with Gasteiger partial charge in [-0.3, -0.25) is 24.1 Å². The summed E-state index contributed by atoms with van der Waals surface area (Å²) in [6, 6.07) is -1.03. The number of hydrogen-bond donors (Lipinski definition) is 1. The second-order valence-electron chi connectivity index (χ2n) is 8.16. The van der Waals surface area contributed by atoms with Gasteiger partial charge in [0.15, 0.2) is 0 Å². The zero-order chi connectivity index (χ0) is 25.6. The lowest BCUT2D eigenvalue weighted by Gasteiger charge is -2.49. The lowest BCUT2D eigenvalue weighted by Crippen LogP contribution is -2.71. The maximum Gasteiger partial charge on any atom is 0.358 e. The van der Waals surface area contributed by atoms with E-state index in [4.69, 9.17) is 25.8 Å². The monoisotopic (exact) mass is 519 g/mol. The molecule has 0 aromatic carbocycles. The molecule has 12 nitrogen and oxygen atoms in total. The van der Waals surface area contributed by atoms with E-state index >= 15 is 0 Å². The second kappa shape index (κ2) is 11.7. The number of amides is 2. The minimum absolute atomic E-state index is 0.0458. The highest BCUT2D eigenvalue weighted by Gasteiger charge is 2.54. The number of thioether (sulfide) groups is 1. The standard InChI is InChI=1S/C20H26ClN3O9S/c1-20(2,3)19(29)33-9-32-18(28)14-10(7-30-4)8-34-17-13(16(27)24(14)17)22-15(26)12(23-31-5)11(25)6-21/h13,17H,6-9H2,1-5H3,(H,22,26)/t13?,17-/m0/s1. The van der Waals surface area contributed by atoms with E-state index in [0.29, 0.717) is 11.3 Å². The first kappa shape index (κ1) is 27.6. The number of esters is 2. The summed E-state index contributed by atoms with van der Waals surface area (Å²) in [6.45, 7) is 4.37. The molecule has 2 aliphatic heterocycles. The van der Waals surface area contributed by atoms with Crippen LogP contribution in [0.5, 0.6) is 0 Å². The van der Waals surface area contributed by atoms with Crippen molar-refractivity contribution in [2.24, 2.45) is 10.6 Å². The number of alkyl halides is 1. The smallest absolute Gasteiger partial charge is 0.358 e. The Balaban J connectivity index is 2.15. The third-order valence-corrected chi connectivity index (χ3v) is 6.20. The molecule has 0 radical (unpaired) electrons. The van der Waals surface area contributed by atoms with Crippen LogP contribution < -0.4 is 5.32 Å². The fraction of sp³-hybridized carbons (Fsp3) is 0.600. The number of ketones is 1. The Kier molecular flexibility index (Phi) is 9.47. The van der Waals surface area contributed by atoms with Crippen LogP contribution in [-0.4, -0.2) is 90.8 Å². The van der Waals surface area contributed by atoms with Gasteiger partial charge in [-0.15, -0.1) is 23.4 Å². The molecule has 1 fully saturated rings. The van der Waals surface area contributed by atoms with Crippen molar-refractivity contribution in [1.82, 2.24) is 10.2 Å². The Bertz CT molecular complexity index is 929. The first-order valence-electron chi connectivity index (χ1n) is 9.99. The first-order chi connectivity index (χ1) is 16.0. The van der Waals surface area contributed by atoms with Gasteiger partial charge in [-0.1, -0.05) is 5.16 Å². The highest BCUT2D eigenvalue weighted by atomic mass is 35.5. The second-order valence-corrected chi connectivity index (χ2v) is 9.53. The summed E-state index contributed by atoms with van der Waals surface area (Å²) >= 11 is 6.77. The molecule has 1 unspecified atom stereocenters. The lowest BCUT2D eigenvalue weighted by molar-refractivity contribution is -0.173. The van der Waals surface area contributed by atoms with E-state index in [0.717, 1.165) is 7.11 Å². The summed E-state index contributed by atoms with van der Waals surface area (Å²) in [6.07, 6.45) is 0. The van der Waals surface area contributed by atoms with Gasteiger partial charge in [-0.05, 0) is 26.3 Å². The van der Waals surface area contributed by atoms with Crippen LogP contribution in [0.2, 0.25) is 0 Å². The van der Waals surface area contributed by atoms with Crippen LogP contribution >= 0.6 is 23.4 Å². The van der Waals surface area contributed by atoms with Crippen molar-refractivity contribution < 1.29 is 43.0 Å². The van der Waals surface area contributed by atoms with E-state index in [-0.39, 0.29) is 12.3 Å². The molecule has 0 bridgehead atoms. The fourth-order valence-corrected chi connectivity index (χ4v) is 4.42. The van der Waals surface area contributed by atoms with Gasteiger partial charge in [0.2, 0.25) is 18.3 Å². The molecule has 0 saturated carbocycles. The minimum atomic E-state index is -1.03. The summed E-state index contributed by atoms with van der Waals surface area (Å²) in [5.74, 6) is -3.96. The molecule has 1 saturated heterocycles. The van der Waals surface area contributed by atoms with Gasteiger partial charge in [0, 0.05) is 12.9 Å². The quantitative estimate of drug-likeness (QED) is 0.0805. The predicted octanol–water partition coefficient (Wildman–Crippen LogP) is 0.187. The van der Waals surface area contributed by atoms with E-state index in [1.165, 1.54) is 23.8 Å². The van der Waals surface area contributed by atoms with Crippen LogP contribution in [-0.2, 0) is 43.0 Å². The molecule has 2 rings (SSSR count). The molecule has 2 heterocycles. The molecule has 2 aliphatic rings. The third kappa shape index (κ3) is 6.07. The van der Waals surface area contributed by atoms with E-state index in [1.807, 2.05) is 0 Å². The van der Waals surface area contributed by atoms with Crippen molar-refractivity contribution in [2.75, 3.05) is 39.3 Å². The number of rotatable bonds is 10. The fourth-order valence-electron chi connectivity index (χ4n) is 2.96. The number of carbonyl (C=O) groups excluding carboxylic acids is 5. The highest BCUT2D eigenvalue weighted by Crippen LogP contribution is 2.40. The summed E-state index contributed by atoms with van der Waals surface area (Å²) < 4.78 is 15.2. The number of nitrogens with one attached hydrogen (secondary N) is 1. The third-order valence-electron chi connectivity index (χ3n) is 4.62. The molecule has 2 amide bonds. The van der Waals surface area contributed by atoms with Gasteiger partial charge in [-0.25, -0.2) is 4.79 Å². The Morgan fingerprint density at radius 3 is 2.44 bits per heavy atom. The molecule has 0 aromatic heterocycles. The van der Waals surface area contributed by atoms with Gasteiger partial charge >= 0.3 is 11.9 Å². The zero-order valence-electron chi connectivity index (χ0n) is 19.3. The number of β-lactam (4-membered cyclic amide) rings is 1. The summed E-state index contributed by atoms with van der Waals surface area (Å²) in [4.78, 5) is 67.5. The van der Waals surface area contributed by atoms with Crippen LogP contribution in [0, 0.1) is 5.41 Å². The zero-order valence-corrected chi connectivity index (χ0v) is 20.9. The maximum absolute atomic E-state index is 12.9. The molecule has 0 aliphatic carbocycles. The number of ether oxygens (including phenoxy) is 3. The molecular weight excluding hydrogens is 494 g/mol. The number of Topliss-reactive ketones (excluding diaryl/α,β-unsaturated/α-hetero) is 1. The van der Waals surface area contributed by atoms with Crippen molar-refractivity contribution in [3.8, 4) is 0 Å². The van der Waals surface area contributed by atoms with Crippen molar-refractivity contribution in [3.05, 3.63) is 11.3 Å². The predicted molar refractivity (Wildman–Crippen MR) is 121 cm³/mol. The van der Waals surface area contributed by atoms with Crippen LogP contribution in [0.15, 0.2) is 16.4 Å². The van der Waals surface area contributed by atoms with E-state index in [1.54, 1.807) is 20.8 Å². The normalized spacial score (nSPS) is 20.2. The van der Waals surface area contributed by atoms with Crippen molar-refractivity contribution in [2.45, 2.75) is 32.2 Å². The Morgan fingerprint density at radius 1 is 1.21 bits per heavy atom. The van der Waals surface area contributed by atoms with Gasteiger partial charge < -0.3 is 24.4 Å². The SMILES string of the molecule is COCC1=C(C(=O)OCOC(=O)C(C)(C)C)N2C(=O)C(NC(=O)C(=NOC)C(=O)CCl)[C@@H]2SC1. The summed E-state index contributed by atoms with van der Waals surface area (Å²) in [5, 5.41) is 5.16. The van der Waals surface area contributed by atoms with Crippen molar-refractivity contribution in [1.29, 1.82) is 0 Å². The Labute approximate surface area is 205 Å². The molecular formula is C20H26ClN3O9S. The average molecular weight is 520 g/mol. The van der Waals surface area contributed by atoms with Crippen LogP contribution in [0.1, 0.15) is 20.8 Å². The molecule has 2 atom stereocenters. The Hall–Kier alpha value is -2.64. The number of carbonyl (C=O) groups is 5. The van der Waals surface area contributed by atoms with Crippen LogP contribution in [0.25, 0.3) is 0 Å². The largest absolute Gasteiger partial charge is 0.427 e. The average Bonchev–Trinajstić information content (AvgIpc) is 2.79. The molecule has 0 aromatic rings. The molecule has 14 heteroatoms. The number of oxime groups is 1. The van der Waals surface area contributed by atoms with Crippen molar-refractivity contribution >= 4 is 58.6 Å². The van der Waals surface area contributed by atoms with Crippen LogP contribution in [0.4, 0.5) is 0 Å². The van der Waals surface area contributed by atoms with E-state index < -0.39 is 64.8 Å². The number of methoxy groups -OCH3 is 1. The summed E-state index contributed by atoms with van der Waals surface area (Å²) in [5.41, 5.74) is -0.919. The van der Waals surface area contributed by atoms with Crippen molar-refractivity contribution in [3.63, 3.8) is 0 Å². The Morgan fingerprint density at radius 2 is 1.88 bits per heavy atom. The number of halogens is 1. The highest BCUT2D eigenvalue weighted by molar-refractivity contribution is 8.00. The molecule has 34 heavy (non-hydrogen) atoms. The number of nitrogens with zero attached hydrogens (tertiary/aromatic N) is 2. The molecule has 1 N–H and O–H groups in total. The topological polar surface area (TPSA) is 150 Å². The van der Waals surface area contributed by atoms with Gasteiger partial charge in [-0.2, -0.15) is 0 Å². The lowest BCUT2D eigenvalue weighted by atomic mass is 9.98. The molecule has 188 valence electrons. The first-order valence-corrected chi connectivity index (χ1v) is 11.6. The minimum Gasteiger partial charge on any atom is -0.427 e. The van der Waals surface area contributed by atoms with Gasteiger partial charge in [0.05, 0.1) is 17.9 Å². The van der Waals surface area contributed by atoms with Gasteiger partial charge in [0.25, 0.3) is 11.8 Å². The number of hydrogen-bond acceptors (Lipinski definition) is 11. The van der Waals surface area contributed by atoms with Crippen LogP contribution in [0.3, 0.4) is 0 Å².